The fourth-order valence-electron chi connectivity index (χ4n) is 1.25. The quantitative estimate of drug-likeness (QED) is 0.552. The summed E-state index contributed by atoms with van der Waals surface area (Å²) in [4.78, 5) is 10.3. The standard InChI is InChI=1S/C9H13N3O2/c1-6-2-3-7(8(11)5-10)9(4-6)12(13)14/h2-4,8H,5,10-11H2,1H3/t8-/m0/s1. The van der Waals surface area contributed by atoms with E-state index in [0.717, 1.165) is 5.56 Å². The molecule has 76 valence electrons. The Balaban J connectivity index is 3.21. The van der Waals surface area contributed by atoms with E-state index in [2.05, 4.69) is 0 Å². The highest BCUT2D eigenvalue weighted by atomic mass is 16.6. The van der Waals surface area contributed by atoms with Crippen LogP contribution < -0.4 is 11.5 Å². The van der Waals surface area contributed by atoms with Crippen LogP contribution in [0.1, 0.15) is 17.2 Å². The maximum atomic E-state index is 10.7. The van der Waals surface area contributed by atoms with Crippen LogP contribution >= 0.6 is 0 Å². The summed E-state index contributed by atoms with van der Waals surface area (Å²) < 4.78 is 0. The van der Waals surface area contributed by atoms with Crippen LogP contribution in [0.25, 0.3) is 0 Å². The average molecular weight is 195 g/mol. The third-order valence-corrected chi connectivity index (χ3v) is 2.04. The molecule has 14 heavy (non-hydrogen) atoms. The Bertz CT molecular complexity index is 352. The number of aryl methyl sites for hydroxylation is 1. The smallest absolute Gasteiger partial charge is 0.274 e. The van der Waals surface area contributed by atoms with Gasteiger partial charge in [0, 0.05) is 24.2 Å². The van der Waals surface area contributed by atoms with E-state index in [1.54, 1.807) is 19.1 Å². The van der Waals surface area contributed by atoms with Gasteiger partial charge in [0.2, 0.25) is 0 Å². The lowest BCUT2D eigenvalue weighted by Gasteiger charge is -2.09. The van der Waals surface area contributed by atoms with E-state index in [9.17, 15) is 10.1 Å². The molecule has 0 aromatic heterocycles. The van der Waals surface area contributed by atoms with Crippen molar-refractivity contribution in [2.75, 3.05) is 6.54 Å². The van der Waals surface area contributed by atoms with Crippen molar-refractivity contribution in [3.63, 3.8) is 0 Å². The molecule has 1 aromatic carbocycles. The minimum Gasteiger partial charge on any atom is -0.329 e. The molecular weight excluding hydrogens is 182 g/mol. The zero-order chi connectivity index (χ0) is 10.7. The fourth-order valence-corrected chi connectivity index (χ4v) is 1.25. The number of rotatable bonds is 3. The van der Waals surface area contributed by atoms with Gasteiger partial charge in [-0.1, -0.05) is 12.1 Å². The molecule has 0 saturated carbocycles. The molecule has 0 aliphatic carbocycles. The predicted octanol–water partition coefficient (Wildman–Crippen LogP) is 0.862. The molecule has 0 saturated heterocycles. The first-order chi connectivity index (χ1) is 6.56. The van der Waals surface area contributed by atoms with E-state index in [1.807, 2.05) is 0 Å². The second kappa shape index (κ2) is 4.17. The Morgan fingerprint density at radius 3 is 2.71 bits per heavy atom. The van der Waals surface area contributed by atoms with Gasteiger partial charge in [-0.15, -0.1) is 0 Å². The van der Waals surface area contributed by atoms with E-state index in [0.29, 0.717) is 5.56 Å². The number of hydrogen-bond acceptors (Lipinski definition) is 4. The summed E-state index contributed by atoms with van der Waals surface area (Å²) in [5.74, 6) is 0. The van der Waals surface area contributed by atoms with Crippen molar-refractivity contribution < 1.29 is 4.92 Å². The molecule has 5 heteroatoms. The van der Waals surface area contributed by atoms with Crippen molar-refractivity contribution in [3.8, 4) is 0 Å². The maximum absolute atomic E-state index is 10.7. The number of nitrogens with zero attached hydrogens (tertiary/aromatic N) is 1. The van der Waals surface area contributed by atoms with Gasteiger partial charge in [0.25, 0.3) is 5.69 Å². The van der Waals surface area contributed by atoms with Gasteiger partial charge >= 0.3 is 0 Å². The van der Waals surface area contributed by atoms with Crippen LogP contribution in [-0.4, -0.2) is 11.5 Å². The van der Waals surface area contributed by atoms with Crippen molar-refractivity contribution in [1.82, 2.24) is 0 Å². The third kappa shape index (κ3) is 2.07. The highest BCUT2D eigenvalue weighted by molar-refractivity contribution is 5.44. The molecule has 5 nitrogen and oxygen atoms in total. The van der Waals surface area contributed by atoms with E-state index in [1.165, 1.54) is 6.07 Å². The van der Waals surface area contributed by atoms with Crippen molar-refractivity contribution in [1.29, 1.82) is 0 Å². The SMILES string of the molecule is Cc1ccc([C@@H](N)CN)c([N+](=O)[O-])c1. The van der Waals surface area contributed by atoms with E-state index >= 15 is 0 Å². The Labute approximate surface area is 81.9 Å². The molecule has 0 unspecified atom stereocenters. The number of nitro groups is 1. The van der Waals surface area contributed by atoms with Gasteiger partial charge in [0.1, 0.15) is 0 Å². The first-order valence-electron chi connectivity index (χ1n) is 4.27. The lowest BCUT2D eigenvalue weighted by atomic mass is 10.0. The second-order valence-electron chi connectivity index (χ2n) is 3.16. The van der Waals surface area contributed by atoms with Gasteiger partial charge in [-0.05, 0) is 12.5 Å². The van der Waals surface area contributed by atoms with Crippen LogP contribution in [0, 0.1) is 17.0 Å². The predicted molar refractivity (Wildman–Crippen MR) is 53.8 cm³/mol. The molecule has 1 rings (SSSR count). The van der Waals surface area contributed by atoms with Gasteiger partial charge in [-0.25, -0.2) is 0 Å². The van der Waals surface area contributed by atoms with Gasteiger partial charge in [0.05, 0.1) is 4.92 Å². The van der Waals surface area contributed by atoms with Gasteiger partial charge < -0.3 is 11.5 Å². The molecule has 1 atom stereocenters. The summed E-state index contributed by atoms with van der Waals surface area (Å²) in [6.45, 7) is 1.99. The molecule has 0 aliphatic rings. The lowest BCUT2D eigenvalue weighted by molar-refractivity contribution is -0.385. The van der Waals surface area contributed by atoms with Crippen LogP contribution in [0.15, 0.2) is 18.2 Å². The molecular formula is C9H13N3O2. The first kappa shape index (κ1) is 10.6. The molecule has 0 radical (unpaired) electrons. The first-order valence-corrected chi connectivity index (χ1v) is 4.27. The van der Waals surface area contributed by atoms with Crippen LogP contribution in [-0.2, 0) is 0 Å². The van der Waals surface area contributed by atoms with E-state index in [4.69, 9.17) is 11.5 Å². The largest absolute Gasteiger partial charge is 0.329 e. The zero-order valence-corrected chi connectivity index (χ0v) is 7.93. The average Bonchev–Trinajstić information content (AvgIpc) is 2.16. The summed E-state index contributed by atoms with van der Waals surface area (Å²) in [5.41, 5.74) is 12.4. The molecule has 0 fully saturated rings. The van der Waals surface area contributed by atoms with Crippen molar-refractivity contribution in [2.45, 2.75) is 13.0 Å². The van der Waals surface area contributed by atoms with Crippen molar-refractivity contribution in [2.24, 2.45) is 11.5 Å². The molecule has 4 N–H and O–H groups in total. The summed E-state index contributed by atoms with van der Waals surface area (Å²) in [6.07, 6.45) is 0. The van der Waals surface area contributed by atoms with Gasteiger partial charge in [-0.2, -0.15) is 0 Å². The fraction of sp³-hybridized carbons (Fsp3) is 0.333. The second-order valence-corrected chi connectivity index (χ2v) is 3.16. The Morgan fingerprint density at radius 2 is 2.21 bits per heavy atom. The monoisotopic (exact) mass is 195 g/mol. The van der Waals surface area contributed by atoms with Crippen LogP contribution in [0.2, 0.25) is 0 Å². The number of nitrogens with two attached hydrogens (primary N) is 2. The van der Waals surface area contributed by atoms with Gasteiger partial charge in [0.15, 0.2) is 0 Å². The lowest BCUT2D eigenvalue weighted by Crippen LogP contribution is -2.21. The summed E-state index contributed by atoms with van der Waals surface area (Å²) in [6, 6.07) is 4.48. The highest BCUT2D eigenvalue weighted by Gasteiger charge is 2.17. The number of benzene rings is 1. The molecule has 1 aromatic rings. The highest BCUT2D eigenvalue weighted by Crippen LogP contribution is 2.24. The molecule has 0 bridgehead atoms. The number of nitro benzene ring substituents is 1. The normalized spacial score (nSPS) is 12.5. The van der Waals surface area contributed by atoms with Crippen LogP contribution in [0.5, 0.6) is 0 Å². The summed E-state index contributed by atoms with van der Waals surface area (Å²) in [5, 5.41) is 10.7. The van der Waals surface area contributed by atoms with E-state index < -0.39 is 11.0 Å². The Morgan fingerprint density at radius 1 is 1.57 bits per heavy atom. The van der Waals surface area contributed by atoms with Crippen LogP contribution in [0.4, 0.5) is 5.69 Å². The number of hydrogen-bond donors (Lipinski definition) is 2. The summed E-state index contributed by atoms with van der Waals surface area (Å²) >= 11 is 0. The van der Waals surface area contributed by atoms with Gasteiger partial charge in [-0.3, -0.25) is 10.1 Å². The molecule has 0 spiro atoms. The molecule has 0 amide bonds. The van der Waals surface area contributed by atoms with Crippen molar-refractivity contribution >= 4 is 5.69 Å². The van der Waals surface area contributed by atoms with Crippen molar-refractivity contribution in [3.05, 3.63) is 39.4 Å². The molecule has 0 heterocycles. The topological polar surface area (TPSA) is 95.2 Å². The Hall–Kier alpha value is -1.46. The van der Waals surface area contributed by atoms with E-state index in [-0.39, 0.29) is 12.2 Å². The molecule has 0 aliphatic heterocycles. The Kier molecular flexibility index (Phi) is 3.16. The minimum atomic E-state index is -0.476. The minimum absolute atomic E-state index is 0.0444. The zero-order valence-electron chi connectivity index (χ0n) is 7.93. The maximum Gasteiger partial charge on any atom is 0.274 e. The van der Waals surface area contributed by atoms with Crippen LogP contribution in [0.3, 0.4) is 0 Å². The summed E-state index contributed by atoms with van der Waals surface area (Å²) in [7, 11) is 0. The third-order valence-electron chi connectivity index (χ3n) is 2.04.